The largest absolute Gasteiger partial charge is 0.394 e. The van der Waals surface area contributed by atoms with Crippen molar-refractivity contribution < 1.29 is 45.6 Å². The maximum atomic E-state index is 10.5. The van der Waals surface area contributed by atoms with E-state index in [2.05, 4.69) is 0 Å². The molecule has 0 aliphatic carbocycles. The molecular weight excluding hydrogens is 252 g/mol. The van der Waals surface area contributed by atoms with Gasteiger partial charge in [-0.15, -0.1) is 0 Å². The van der Waals surface area contributed by atoms with Crippen LogP contribution in [0.2, 0.25) is 0 Å². The number of ketones is 1. The standard InChI is InChI=1S/C6H12O6.C3H8O3/c7-1-3(9)5(11)6(12)4(10)2-8;4-1-3(6)2-5/h3,5-9,11-12H,1-2H2;3-6H,1-2H2/t3-,5+,6+;/m1./s1. The number of aliphatic hydroxyl groups excluding tert-OH is 8. The average molecular weight is 272 g/mol. The summed E-state index contributed by atoms with van der Waals surface area (Å²) in [4.78, 5) is 10.5. The maximum absolute atomic E-state index is 10.5. The van der Waals surface area contributed by atoms with Gasteiger partial charge in [-0.2, -0.15) is 0 Å². The number of hydrogen-bond donors (Lipinski definition) is 8. The van der Waals surface area contributed by atoms with Gasteiger partial charge in [-0.05, 0) is 0 Å². The Morgan fingerprint density at radius 2 is 1.28 bits per heavy atom. The Morgan fingerprint density at radius 3 is 1.50 bits per heavy atom. The molecule has 0 fully saturated rings. The van der Waals surface area contributed by atoms with Crippen LogP contribution in [0.3, 0.4) is 0 Å². The molecule has 0 unspecified atom stereocenters. The highest BCUT2D eigenvalue weighted by Gasteiger charge is 2.28. The number of carbonyl (C=O) groups excluding carboxylic acids is 1. The van der Waals surface area contributed by atoms with Gasteiger partial charge in [0, 0.05) is 0 Å². The van der Waals surface area contributed by atoms with Crippen molar-refractivity contribution in [1.82, 2.24) is 0 Å². The van der Waals surface area contributed by atoms with Crippen molar-refractivity contribution in [1.29, 1.82) is 0 Å². The highest BCUT2D eigenvalue weighted by Crippen LogP contribution is 2.00. The SMILES string of the molecule is O=C(CO)[C@H](O)[C@@H](O)[C@H](O)CO.OCC(O)CO. The second-order valence-corrected chi connectivity index (χ2v) is 3.33. The lowest BCUT2D eigenvalue weighted by Crippen LogP contribution is -2.44. The monoisotopic (exact) mass is 272 g/mol. The van der Waals surface area contributed by atoms with E-state index >= 15 is 0 Å². The summed E-state index contributed by atoms with van der Waals surface area (Å²) < 4.78 is 0. The Morgan fingerprint density at radius 1 is 0.833 bits per heavy atom. The third kappa shape index (κ3) is 8.44. The van der Waals surface area contributed by atoms with Crippen LogP contribution < -0.4 is 0 Å². The normalized spacial score (nSPS) is 15.6. The second kappa shape index (κ2) is 11.4. The van der Waals surface area contributed by atoms with Gasteiger partial charge >= 0.3 is 0 Å². The minimum Gasteiger partial charge on any atom is -0.394 e. The van der Waals surface area contributed by atoms with Crippen molar-refractivity contribution in [2.75, 3.05) is 26.4 Å². The van der Waals surface area contributed by atoms with Gasteiger partial charge in [0.05, 0.1) is 19.8 Å². The zero-order valence-corrected chi connectivity index (χ0v) is 9.62. The number of rotatable bonds is 7. The molecule has 0 aromatic rings. The number of aliphatic hydroxyl groups is 8. The summed E-state index contributed by atoms with van der Waals surface area (Å²) in [5.74, 6) is -1.00. The van der Waals surface area contributed by atoms with Crippen LogP contribution in [-0.4, -0.2) is 97.5 Å². The van der Waals surface area contributed by atoms with Crippen molar-refractivity contribution in [3.63, 3.8) is 0 Å². The topological polar surface area (TPSA) is 179 Å². The maximum Gasteiger partial charge on any atom is 0.189 e. The van der Waals surface area contributed by atoms with Crippen LogP contribution in [0.4, 0.5) is 0 Å². The Balaban J connectivity index is 0. The minimum absolute atomic E-state index is 0.365. The van der Waals surface area contributed by atoms with Crippen molar-refractivity contribution in [3.05, 3.63) is 0 Å². The molecule has 0 aliphatic heterocycles. The van der Waals surface area contributed by atoms with Crippen LogP contribution in [0.25, 0.3) is 0 Å². The fourth-order valence-corrected chi connectivity index (χ4v) is 0.660. The van der Waals surface area contributed by atoms with Gasteiger partial charge in [-0.25, -0.2) is 0 Å². The Bertz CT molecular complexity index is 206. The van der Waals surface area contributed by atoms with E-state index in [9.17, 15) is 4.79 Å². The smallest absolute Gasteiger partial charge is 0.189 e. The first-order chi connectivity index (χ1) is 8.35. The lowest BCUT2D eigenvalue weighted by atomic mass is 10.1. The molecule has 0 spiro atoms. The van der Waals surface area contributed by atoms with Crippen LogP contribution in [-0.2, 0) is 4.79 Å². The average Bonchev–Trinajstić information content (AvgIpc) is 2.43. The second-order valence-electron chi connectivity index (χ2n) is 3.33. The molecule has 110 valence electrons. The van der Waals surface area contributed by atoms with Gasteiger partial charge in [-0.3, -0.25) is 4.79 Å². The van der Waals surface area contributed by atoms with Gasteiger partial charge in [-0.1, -0.05) is 0 Å². The molecule has 0 radical (unpaired) electrons. The number of carbonyl (C=O) groups is 1. The van der Waals surface area contributed by atoms with E-state index in [1.807, 2.05) is 0 Å². The predicted molar refractivity (Wildman–Crippen MR) is 57.4 cm³/mol. The molecule has 8 N–H and O–H groups in total. The third-order valence-electron chi connectivity index (χ3n) is 1.81. The summed E-state index contributed by atoms with van der Waals surface area (Å²) >= 11 is 0. The molecule has 0 aliphatic rings. The van der Waals surface area contributed by atoms with Crippen molar-refractivity contribution in [3.8, 4) is 0 Å². The first kappa shape index (κ1) is 19.7. The Labute approximate surface area is 103 Å². The fourth-order valence-electron chi connectivity index (χ4n) is 0.660. The van der Waals surface area contributed by atoms with Crippen molar-refractivity contribution >= 4 is 5.78 Å². The van der Waals surface area contributed by atoms with E-state index in [4.69, 9.17) is 40.9 Å². The van der Waals surface area contributed by atoms with Crippen LogP contribution >= 0.6 is 0 Å². The van der Waals surface area contributed by atoms with Crippen LogP contribution in [0.15, 0.2) is 0 Å². The first-order valence-corrected chi connectivity index (χ1v) is 5.04. The summed E-state index contributed by atoms with van der Waals surface area (Å²) in [7, 11) is 0. The van der Waals surface area contributed by atoms with Gasteiger partial charge in [0.2, 0.25) is 0 Å². The molecular formula is C9H20O9. The van der Waals surface area contributed by atoms with E-state index in [0.29, 0.717) is 0 Å². The van der Waals surface area contributed by atoms with Crippen LogP contribution in [0, 0.1) is 0 Å². The van der Waals surface area contributed by atoms with E-state index in [0.717, 1.165) is 0 Å². The molecule has 0 bridgehead atoms. The zero-order valence-electron chi connectivity index (χ0n) is 9.62. The molecule has 0 aromatic heterocycles. The van der Waals surface area contributed by atoms with E-state index < -0.39 is 43.4 Å². The van der Waals surface area contributed by atoms with Gasteiger partial charge < -0.3 is 40.9 Å². The third-order valence-corrected chi connectivity index (χ3v) is 1.81. The lowest BCUT2D eigenvalue weighted by Gasteiger charge is -2.19. The van der Waals surface area contributed by atoms with Crippen molar-refractivity contribution in [2.45, 2.75) is 24.4 Å². The molecule has 0 aromatic carbocycles. The van der Waals surface area contributed by atoms with Gasteiger partial charge in [0.25, 0.3) is 0 Å². The quantitative estimate of drug-likeness (QED) is 0.225. The van der Waals surface area contributed by atoms with Crippen LogP contribution in [0.1, 0.15) is 0 Å². The predicted octanol–water partition coefficient (Wildman–Crippen LogP) is -5.05. The van der Waals surface area contributed by atoms with Gasteiger partial charge in [0.1, 0.15) is 31.0 Å². The molecule has 0 amide bonds. The molecule has 0 heterocycles. The lowest BCUT2D eigenvalue weighted by molar-refractivity contribution is -0.142. The van der Waals surface area contributed by atoms with E-state index in [1.54, 1.807) is 0 Å². The Hall–Kier alpha value is -0.650. The molecule has 3 atom stereocenters. The van der Waals surface area contributed by atoms with Gasteiger partial charge in [0.15, 0.2) is 5.78 Å². The molecule has 0 saturated carbocycles. The number of hydrogen-bond acceptors (Lipinski definition) is 9. The molecule has 18 heavy (non-hydrogen) atoms. The van der Waals surface area contributed by atoms with Crippen LogP contribution in [0.5, 0.6) is 0 Å². The molecule has 0 rings (SSSR count). The fraction of sp³-hybridized carbons (Fsp3) is 0.889. The summed E-state index contributed by atoms with van der Waals surface area (Å²) in [6, 6.07) is 0. The summed E-state index contributed by atoms with van der Waals surface area (Å²) in [6.45, 7) is -2.42. The number of Topliss-reactive ketones (excluding diaryl/α,β-unsaturated/α-hetero) is 1. The molecule has 0 saturated heterocycles. The zero-order chi connectivity index (χ0) is 14.7. The summed E-state index contributed by atoms with van der Waals surface area (Å²) in [5.41, 5.74) is 0. The minimum atomic E-state index is -1.86. The van der Waals surface area contributed by atoms with E-state index in [1.165, 1.54) is 0 Å². The highest BCUT2D eigenvalue weighted by molar-refractivity contribution is 5.84. The first-order valence-electron chi connectivity index (χ1n) is 5.04. The summed E-state index contributed by atoms with van der Waals surface area (Å²) in [5, 5.41) is 67.1. The van der Waals surface area contributed by atoms with Crippen molar-refractivity contribution in [2.24, 2.45) is 0 Å². The molecule has 9 nitrogen and oxygen atoms in total. The highest BCUT2D eigenvalue weighted by atomic mass is 16.4. The molecule has 9 heteroatoms. The Kier molecular flexibility index (Phi) is 12.5. The van der Waals surface area contributed by atoms with E-state index in [-0.39, 0.29) is 13.2 Å². The summed E-state index contributed by atoms with van der Waals surface area (Å²) in [6.07, 6.45) is -6.17.